The van der Waals surface area contributed by atoms with Crippen LogP contribution in [0.1, 0.15) is 157 Å². The zero-order valence-corrected chi connectivity index (χ0v) is 70.7. The summed E-state index contributed by atoms with van der Waals surface area (Å²) in [5.74, 6) is -1.71. The van der Waals surface area contributed by atoms with E-state index in [1.807, 2.05) is 0 Å². The fourth-order valence-corrected chi connectivity index (χ4v) is 14.7. The van der Waals surface area contributed by atoms with E-state index < -0.39 is 193 Å². The van der Waals surface area contributed by atoms with Gasteiger partial charge in [0.05, 0.1) is 142 Å². The maximum atomic E-state index is 13.4. The molecule has 2 saturated heterocycles. The maximum Gasteiger partial charge on any atom is 0.267 e. The Morgan fingerprint density at radius 1 is 0.425 bits per heavy atom. The van der Waals surface area contributed by atoms with E-state index in [-0.39, 0.29) is 137 Å². The number of phosphoric ester groups is 4. The van der Waals surface area contributed by atoms with Crippen LogP contribution in [0.2, 0.25) is 0 Å². The molecule has 20 atom stereocenters. The number of aliphatic hydroxyl groups is 10. The SMILES string of the molecule is CC(C)C.COCCCOCC(CO)COCCCOP(=O)([O-])OCC(COCCCOP(=O)([O-])OCCCCCCO[C@@H]1OC(CO)[C@H](O)[C@H](O)C1C)(COCCCOP(=O)([O-])OCCCCCCO[C@@H]1OC(CO)[C@H](O)[C@H](O)C1C)COCCCOP(=O)([O-])OCCCCCCO[C@@H]1CC(CO)[C@H](O)[C@H](O)C1NC(C)=O. The van der Waals surface area contributed by atoms with Gasteiger partial charge in [-0.3, -0.25) is 23.1 Å². The Balaban J connectivity index is 0.0000106. The van der Waals surface area contributed by atoms with Crippen LogP contribution in [0.3, 0.4) is 0 Å². The average molecular weight is 1720 g/mol. The molecule has 0 radical (unpaired) electrons. The molecule has 39 nitrogen and oxygen atoms in total. The minimum atomic E-state index is -5.14. The second kappa shape index (κ2) is 62.2. The minimum absolute atomic E-state index is 0.0386. The standard InChI is InChI=1S/C66H131NO38P4.C4H10/c1-49-58(73)61(76)55(41-70)104-64(49)94-29-12-6-9-15-32-97-107(81,82)100-36-20-26-91-46-66(48-103-109(85,86)102-34-18-24-89-44-52(39-68)43-88-23-17-22-87-4,47-92-27-21-37-101-108(83,84)98-33-16-10-7-13-30-95-65-50(2)59(74)62(77)56(42-71)105-65)45-90-25-19-35-99-106(79,80)96-31-14-8-5-11-28-93-54-38-53(40-69)60(75)63(78)57(54)67-51(3)72;1-4(2)3/h49-50,52-65,68-71,73-78H,5-48H2,1-4H3,(H,67,72)(H,79,80)(H,81,82)(H,83,84)(H,85,86);4H,1-3H3/p-4/t49?,50?,52?,53?,54-,55?,56?,57?,58-,59-,60+,61+,62+,63-,64-,65-,66?;/m1./s1. The number of methoxy groups -OCH3 is 1. The summed E-state index contributed by atoms with van der Waals surface area (Å²) in [5, 5.41) is 103. The van der Waals surface area contributed by atoms with E-state index in [9.17, 15) is 93.7 Å². The van der Waals surface area contributed by atoms with Crippen LogP contribution in [0.25, 0.3) is 0 Å². The summed E-state index contributed by atoms with van der Waals surface area (Å²) in [6.07, 6.45) is -4.88. The largest absolute Gasteiger partial charge is 0.756 e. The summed E-state index contributed by atoms with van der Waals surface area (Å²) >= 11 is 0. The molecule has 11 unspecified atom stereocenters. The zero-order chi connectivity index (χ0) is 84.1. The Hall–Kier alpha value is -0.930. The number of rotatable bonds is 69. The molecule has 0 bridgehead atoms. The van der Waals surface area contributed by atoms with Crippen LogP contribution < -0.4 is 24.9 Å². The molecular formula is C70H137NO38P4-4. The molecule has 2 aliphatic heterocycles. The fraction of sp³-hybridized carbons (Fsp3) is 0.986. The Bertz CT molecular complexity index is 2480. The molecule has 1 saturated carbocycles. The summed E-state index contributed by atoms with van der Waals surface area (Å²) in [7, 11) is -18.0. The molecule has 3 aliphatic rings. The molecule has 0 aromatic rings. The quantitative estimate of drug-likeness (QED) is 0.0303. The third-order valence-electron chi connectivity index (χ3n) is 18.0. The number of carbonyl (C=O) groups is 1. The molecule has 0 aromatic heterocycles. The van der Waals surface area contributed by atoms with E-state index in [1.165, 1.54) is 6.92 Å². The summed E-state index contributed by atoms with van der Waals surface area (Å²) in [4.78, 5) is 63.3. The van der Waals surface area contributed by atoms with Crippen molar-refractivity contribution in [2.45, 2.75) is 231 Å². The van der Waals surface area contributed by atoms with Gasteiger partial charge >= 0.3 is 0 Å². The van der Waals surface area contributed by atoms with E-state index in [0.29, 0.717) is 96.7 Å². The summed E-state index contributed by atoms with van der Waals surface area (Å²) < 4.78 is 155. The van der Waals surface area contributed by atoms with E-state index in [2.05, 4.69) is 26.1 Å². The molecule has 0 aromatic carbocycles. The van der Waals surface area contributed by atoms with Crippen LogP contribution in [-0.4, -0.2) is 309 Å². The Morgan fingerprint density at radius 3 is 1.09 bits per heavy atom. The predicted molar refractivity (Wildman–Crippen MR) is 396 cm³/mol. The van der Waals surface area contributed by atoms with Crippen molar-refractivity contribution in [1.29, 1.82) is 0 Å². The number of amides is 1. The first-order valence-electron chi connectivity index (χ1n) is 39.5. The highest BCUT2D eigenvalue weighted by Gasteiger charge is 2.46. The number of hydrogen-bond donors (Lipinski definition) is 11. The summed E-state index contributed by atoms with van der Waals surface area (Å²) in [6.45, 7) is 6.77. The average Bonchev–Trinajstić information content (AvgIpc) is 0.812. The summed E-state index contributed by atoms with van der Waals surface area (Å²) in [6, 6.07) is -0.887. The van der Waals surface area contributed by atoms with Gasteiger partial charge < -0.3 is 164 Å². The van der Waals surface area contributed by atoms with Crippen molar-refractivity contribution in [3.05, 3.63) is 0 Å². The number of ether oxygens (including phenoxy) is 11. The Kier molecular flexibility index (Phi) is 59.5. The van der Waals surface area contributed by atoms with Crippen LogP contribution in [0.4, 0.5) is 0 Å². The molecule has 113 heavy (non-hydrogen) atoms. The van der Waals surface area contributed by atoms with Crippen LogP contribution in [0.5, 0.6) is 0 Å². The molecule has 11 N–H and O–H groups in total. The first-order valence-corrected chi connectivity index (χ1v) is 45.3. The van der Waals surface area contributed by atoms with Crippen molar-refractivity contribution >= 4 is 37.2 Å². The molecular weight excluding hydrogens is 1590 g/mol. The van der Waals surface area contributed by atoms with Crippen LogP contribution in [0, 0.1) is 35.0 Å². The molecule has 0 spiro atoms. The second-order valence-corrected chi connectivity index (χ2v) is 34.8. The fourth-order valence-electron chi connectivity index (χ4n) is 11.5. The van der Waals surface area contributed by atoms with Gasteiger partial charge in [-0.15, -0.1) is 0 Å². The first-order chi connectivity index (χ1) is 53.7. The number of phosphoric acid groups is 4. The highest BCUT2D eigenvalue weighted by Crippen LogP contribution is 2.43. The third-order valence-corrected chi connectivity index (χ3v) is 21.9. The van der Waals surface area contributed by atoms with E-state index in [1.54, 1.807) is 21.0 Å². The maximum absolute atomic E-state index is 13.4. The lowest BCUT2D eigenvalue weighted by molar-refractivity contribution is -0.282. The number of hydrogen-bond acceptors (Lipinski definition) is 38. The normalized spacial score (nSPS) is 27.2. The third kappa shape index (κ3) is 49.1. The molecule has 1 amide bonds. The van der Waals surface area contributed by atoms with E-state index >= 15 is 0 Å². The van der Waals surface area contributed by atoms with Gasteiger partial charge in [0, 0.05) is 104 Å². The summed E-state index contributed by atoms with van der Waals surface area (Å²) in [5.41, 5.74) is -1.55. The monoisotopic (exact) mass is 1720 g/mol. The number of aliphatic hydroxyl groups excluding tert-OH is 10. The van der Waals surface area contributed by atoms with Gasteiger partial charge in [0.25, 0.3) is 31.3 Å². The lowest BCUT2D eigenvalue weighted by Crippen LogP contribution is -2.61. The van der Waals surface area contributed by atoms with Crippen molar-refractivity contribution in [3.8, 4) is 0 Å². The topological polar surface area (TPSA) is 567 Å². The van der Waals surface area contributed by atoms with Crippen molar-refractivity contribution in [2.75, 3.05) is 179 Å². The molecule has 1 aliphatic carbocycles. The van der Waals surface area contributed by atoms with Crippen molar-refractivity contribution in [1.82, 2.24) is 5.32 Å². The van der Waals surface area contributed by atoms with Gasteiger partial charge in [-0.1, -0.05) is 73.1 Å². The highest BCUT2D eigenvalue weighted by molar-refractivity contribution is 7.46. The molecule has 3 fully saturated rings. The van der Waals surface area contributed by atoms with Gasteiger partial charge in [0.2, 0.25) is 5.91 Å². The molecule has 43 heteroatoms. The van der Waals surface area contributed by atoms with Crippen LogP contribution in [0.15, 0.2) is 0 Å². The minimum Gasteiger partial charge on any atom is -0.756 e. The Labute approximate surface area is 666 Å². The van der Waals surface area contributed by atoms with Gasteiger partial charge in [-0.25, -0.2) is 0 Å². The number of nitrogens with one attached hydrogen (secondary N) is 1. The zero-order valence-electron chi connectivity index (χ0n) is 67.1. The van der Waals surface area contributed by atoms with Gasteiger partial charge in [-0.05, 0) is 83.0 Å². The van der Waals surface area contributed by atoms with Gasteiger partial charge in [0.1, 0.15) is 30.5 Å². The smallest absolute Gasteiger partial charge is 0.267 e. The number of carbonyl (C=O) groups excluding carboxylic acids is 1. The highest BCUT2D eigenvalue weighted by atomic mass is 31.2. The molecule has 3 rings (SSSR count). The Morgan fingerprint density at radius 2 is 0.752 bits per heavy atom. The second-order valence-electron chi connectivity index (χ2n) is 29.2. The first kappa shape index (κ1) is 108. The van der Waals surface area contributed by atoms with E-state index in [0.717, 1.165) is 5.92 Å². The lowest BCUT2D eigenvalue weighted by atomic mass is 9.79. The molecule has 2 heterocycles. The van der Waals surface area contributed by atoms with E-state index in [4.69, 9.17) is 88.3 Å². The van der Waals surface area contributed by atoms with Crippen LogP contribution >= 0.6 is 31.3 Å². The predicted octanol–water partition coefficient (Wildman–Crippen LogP) is 1.42. The van der Waals surface area contributed by atoms with Crippen molar-refractivity contribution < 1.29 is 182 Å². The van der Waals surface area contributed by atoms with Crippen molar-refractivity contribution in [2.24, 2.45) is 35.0 Å². The van der Waals surface area contributed by atoms with Gasteiger partial charge in [-0.2, -0.15) is 0 Å². The molecule has 674 valence electrons. The van der Waals surface area contributed by atoms with Crippen molar-refractivity contribution in [3.63, 3.8) is 0 Å². The lowest BCUT2D eigenvalue weighted by Gasteiger charge is -2.42. The van der Waals surface area contributed by atoms with Crippen LogP contribution in [-0.2, 0) is 111 Å². The number of unbranched alkanes of at least 4 members (excludes halogenated alkanes) is 9. The van der Waals surface area contributed by atoms with Gasteiger partial charge in [0.15, 0.2) is 12.6 Å².